The van der Waals surface area contributed by atoms with Gasteiger partial charge < -0.3 is 10.4 Å². The maximum atomic E-state index is 11.1. The van der Waals surface area contributed by atoms with E-state index in [2.05, 4.69) is 17.2 Å². The number of nitrogens with zero attached hydrogens (tertiary/aromatic N) is 1. The van der Waals surface area contributed by atoms with Crippen LogP contribution in [-0.4, -0.2) is 21.6 Å². The van der Waals surface area contributed by atoms with E-state index in [9.17, 15) is 4.79 Å². The summed E-state index contributed by atoms with van der Waals surface area (Å²) in [5, 5.41) is 12.5. The van der Waals surface area contributed by atoms with Crippen molar-refractivity contribution in [2.75, 3.05) is 5.32 Å². The molecule has 0 atom stereocenters. The maximum absolute atomic E-state index is 11.1. The Kier molecular flexibility index (Phi) is 3.55. The summed E-state index contributed by atoms with van der Waals surface area (Å²) in [5.74, 6) is -0.192. The highest BCUT2D eigenvalue weighted by Gasteiger charge is 2.35. The summed E-state index contributed by atoms with van der Waals surface area (Å²) >= 11 is 0. The van der Waals surface area contributed by atoms with Crippen LogP contribution in [-0.2, 0) is 6.42 Å². The standard InChI is InChI=1S/C14H20N2O2/c1-3-11-8-10(13(17)18)9-12(15-11)16-14(4-2)6-5-7-14/h8-9H,3-7H2,1-2H3,(H,15,16)(H,17,18). The third kappa shape index (κ3) is 2.47. The van der Waals surface area contributed by atoms with Gasteiger partial charge in [0.2, 0.25) is 0 Å². The first-order valence-corrected chi connectivity index (χ1v) is 6.61. The number of aryl methyl sites for hydroxylation is 1. The van der Waals surface area contributed by atoms with E-state index in [4.69, 9.17) is 5.11 Å². The van der Waals surface area contributed by atoms with Crippen molar-refractivity contribution in [2.45, 2.75) is 51.5 Å². The Balaban J connectivity index is 2.26. The zero-order valence-electron chi connectivity index (χ0n) is 11.0. The Labute approximate surface area is 107 Å². The fourth-order valence-corrected chi connectivity index (χ4v) is 2.40. The second-order valence-corrected chi connectivity index (χ2v) is 5.00. The van der Waals surface area contributed by atoms with Crippen LogP contribution in [0.4, 0.5) is 5.82 Å². The average molecular weight is 248 g/mol. The Morgan fingerprint density at radius 3 is 2.61 bits per heavy atom. The van der Waals surface area contributed by atoms with Crippen LogP contribution < -0.4 is 5.32 Å². The molecule has 0 unspecified atom stereocenters. The fourth-order valence-electron chi connectivity index (χ4n) is 2.40. The second-order valence-electron chi connectivity index (χ2n) is 5.00. The summed E-state index contributed by atoms with van der Waals surface area (Å²) in [4.78, 5) is 15.6. The molecule has 0 aromatic carbocycles. The molecule has 2 rings (SSSR count). The first kappa shape index (κ1) is 12.9. The Hall–Kier alpha value is -1.58. The fraction of sp³-hybridized carbons (Fsp3) is 0.571. The summed E-state index contributed by atoms with van der Waals surface area (Å²) in [5.41, 5.74) is 1.27. The highest BCUT2D eigenvalue weighted by Crippen LogP contribution is 2.37. The molecule has 0 spiro atoms. The Bertz CT molecular complexity index is 448. The molecule has 0 radical (unpaired) electrons. The molecule has 1 aromatic rings. The van der Waals surface area contributed by atoms with Gasteiger partial charge in [-0.3, -0.25) is 0 Å². The number of carboxylic acids is 1. The van der Waals surface area contributed by atoms with Gasteiger partial charge in [-0.15, -0.1) is 0 Å². The second kappa shape index (κ2) is 4.96. The molecular weight excluding hydrogens is 228 g/mol. The van der Waals surface area contributed by atoms with Crippen molar-refractivity contribution in [2.24, 2.45) is 0 Å². The molecule has 1 aromatic heterocycles. The van der Waals surface area contributed by atoms with E-state index in [1.165, 1.54) is 6.42 Å². The van der Waals surface area contributed by atoms with Crippen LogP contribution in [0.1, 0.15) is 55.6 Å². The smallest absolute Gasteiger partial charge is 0.335 e. The quantitative estimate of drug-likeness (QED) is 0.840. The first-order valence-electron chi connectivity index (χ1n) is 6.61. The predicted molar refractivity (Wildman–Crippen MR) is 71.1 cm³/mol. The van der Waals surface area contributed by atoms with Crippen LogP contribution in [0.3, 0.4) is 0 Å². The normalized spacial score (nSPS) is 17.0. The molecule has 0 bridgehead atoms. The van der Waals surface area contributed by atoms with E-state index < -0.39 is 5.97 Å². The van der Waals surface area contributed by atoms with Crippen molar-refractivity contribution >= 4 is 11.8 Å². The summed E-state index contributed by atoms with van der Waals surface area (Å²) < 4.78 is 0. The number of nitrogens with one attached hydrogen (secondary N) is 1. The van der Waals surface area contributed by atoms with E-state index in [-0.39, 0.29) is 5.54 Å². The number of hydrogen-bond donors (Lipinski definition) is 2. The molecule has 2 N–H and O–H groups in total. The molecule has 0 amide bonds. The molecule has 18 heavy (non-hydrogen) atoms. The van der Waals surface area contributed by atoms with Gasteiger partial charge in [0.1, 0.15) is 5.82 Å². The van der Waals surface area contributed by atoms with Gasteiger partial charge in [-0.1, -0.05) is 13.8 Å². The molecule has 1 saturated carbocycles. The van der Waals surface area contributed by atoms with Crippen LogP contribution in [0, 0.1) is 0 Å². The predicted octanol–water partition coefficient (Wildman–Crippen LogP) is 3.09. The van der Waals surface area contributed by atoms with E-state index >= 15 is 0 Å². The van der Waals surface area contributed by atoms with Crippen molar-refractivity contribution < 1.29 is 9.90 Å². The topological polar surface area (TPSA) is 62.2 Å². The summed E-state index contributed by atoms with van der Waals surface area (Å²) in [6.07, 6.45) is 5.32. The van der Waals surface area contributed by atoms with Crippen molar-refractivity contribution in [3.63, 3.8) is 0 Å². The molecule has 1 aliphatic rings. The lowest BCUT2D eigenvalue weighted by molar-refractivity contribution is 0.0696. The molecule has 4 nitrogen and oxygen atoms in total. The van der Waals surface area contributed by atoms with Gasteiger partial charge in [0, 0.05) is 11.2 Å². The summed E-state index contributed by atoms with van der Waals surface area (Å²) in [6.45, 7) is 4.14. The van der Waals surface area contributed by atoms with Gasteiger partial charge in [0.15, 0.2) is 0 Å². The van der Waals surface area contributed by atoms with Crippen molar-refractivity contribution in [1.29, 1.82) is 0 Å². The number of pyridine rings is 1. The van der Waals surface area contributed by atoms with Crippen molar-refractivity contribution in [1.82, 2.24) is 4.98 Å². The highest BCUT2D eigenvalue weighted by atomic mass is 16.4. The third-order valence-corrected chi connectivity index (χ3v) is 3.87. The molecule has 1 heterocycles. The van der Waals surface area contributed by atoms with Crippen LogP contribution in [0.5, 0.6) is 0 Å². The zero-order chi connectivity index (χ0) is 13.2. The van der Waals surface area contributed by atoms with Crippen LogP contribution >= 0.6 is 0 Å². The van der Waals surface area contributed by atoms with E-state index in [1.807, 2.05) is 6.92 Å². The number of aromatic carboxylic acids is 1. The van der Waals surface area contributed by atoms with Crippen molar-refractivity contribution in [3.05, 3.63) is 23.4 Å². The lowest BCUT2D eigenvalue weighted by atomic mass is 9.75. The molecular formula is C14H20N2O2. The highest BCUT2D eigenvalue weighted by molar-refractivity contribution is 5.88. The maximum Gasteiger partial charge on any atom is 0.335 e. The van der Waals surface area contributed by atoms with Gasteiger partial charge >= 0.3 is 5.97 Å². The molecule has 1 aliphatic carbocycles. The number of carboxylic acid groups (broad SMARTS) is 1. The monoisotopic (exact) mass is 248 g/mol. The minimum absolute atomic E-state index is 0.134. The van der Waals surface area contributed by atoms with E-state index in [0.717, 1.165) is 31.4 Å². The molecule has 98 valence electrons. The van der Waals surface area contributed by atoms with Crippen LogP contribution in [0.2, 0.25) is 0 Å². The molecule has 0 saturated heterocycles. The van der Waals surface area contributed by atoms with E-state index in [1.54, 1.807) is 12.1 Å². The number of hydrogen-bond acceptors (Lipinski definition) is 3. The third-order valence-electron chi connectivity index (χ3n) is 3.87. The number of aromatic nitrogens is 1. The van der Waals surface area contributed by atoms with Gasteiger partial charge in [0.25, 0.3) is 0 Å². The van der Waals surface area contributed by atoms with Gasteiger partial charge in [0.05, 0.1) is 5.56 Å². The lowest BCUT2D eigenvalue weighted by Crippen LogP contribution is -2.44. The minimum atomic E-state index is -0.894. The van der Waals surface area contributed by atoms with Crippen LogP contribution in [0.15, 0.2) is 12.1 Å². The van der Waals surface area contributed by atoms with Gasteiger partial charge in [-0.05, 0) is 44.2 Å². The molecule has 1 fully saturated rings. The number of rotatable bonds is 5. The SMILES string of the molecule is CCc1cc(C(=O)O)cc(NC2(CC)CCC2)n1. The van der Waals surface area contributed by atoms with Crippen molar-refractivity contribution in [3.8, 4) is 0 Å². The number of carbonyl (C=O) groups is 1. The molecule has 0 aliphatic heterocycles. The Morgan fingerprint density at radius 1 is 1.44 bits per heavy atom. The first-order chi connectivity index (χ1) is 8.58. The summed E-state index contributed by atoms with van der Waals surface area (Å²) in [7, 11) is 0. The average Bonchev–Trinajstić information content (AvgIpc) is 2.33. The zero-order valence-corrected chi connectivity index (χ0v) is 11.0. The van der Waals surface area contributed by atoms with Gasteiger partial charge in [-0.2, -0.15) is 0 Å². The minimum Gasteiger partial charge on any atom is -0.478 e. The largest absolute Gasteiger partial charge is 0.478 e. The lowest BCUT2D eigenvalue weighted by Gasteiger charge is -2.42. The van der Waals surface area contributed by atoms with Crippen LogP contribution in [0.25, 0.3) is 0 Å². The molecule has 4 heteroatoms. The van der Waals surface area contributed by atoms with E-state index in [0.29, 0.717) is 11.4 Å². The number of anilines is 1. The van der Waals surface area contributed by atoms with Gasteiger partial charge in [-0.25, -0.2) is 9.78 Å². The Morgan fingerprint density at radius 2 is 2.17 bits per heavy atom. The summed E-state index contributed by atoms with van der Waals surface area (Å²) in [6, 6.07) is 3.28.